The molecular weight excluding hydrogens is 278 g/mol. The molecule has 3 rings (SSSR count). The lowest BCUT2D eigenvalue weighted by Crippen LogP contribution is -2.38. The van der Waals surface area contributed by atoms with Crippen molar-refractivity contribution in [3.05, 3.63) is 24.2 Å². The molecule has 1 aliphatic rings. The highest BCUT2D eigenvalue weighted by Gasteiger charge is 2.30. The topological polar surface area (TPSA) is 63.1 Å². The number of imidazole rings is 1. The molecule has 1 unspecified atom stereocenters. The Bertz CT molecular complexity index is 666. The third-order valence-electron chi connectivity index (χ3n) is 4.22. The van der Waals surface area contributed by atoms with Gasteiger partial charge in [0.15, 0.2) is 5.65 Å². The lowest BCUT2D eigenvalue weighted by molar-refractivity contribution is 0.208. The van der Waals surface area contributed by atoms with Crippen LogP contribution < -0.4 is 5.32 Å². The van der Waals surface area contributed by atoms with Gasteiger partial charge in [0.05, 0.1) is 0 Å². The van der Waals surface area contributed by atoms with Crippen LogP contribution in [0.25, 0.3) is 11.2 Å². The highest BCUT2D eigenvalue weighted by molar-refractivity contribution is 5.75. The van der Waals surface area contributed by atoms with E-state index in [0.29, 0.717) is 5.92 Å². The number of amides is 2. The zero-order valence-corrected chi connectivity index (χ0v) is 13.2. The van der Waals surface area contributed by atoms with Crippen LogP contribution in [0, 0.1) is 0 Å². The summed E-state index contributed by atoms with van der Waals surface area (Å²) in [7, 11) is 0. The smallest absolute Gasteiger partial charge is 0.317 e. The maximum atomic E-state index is 12.1. The number of carbonyl (C=O) groups excluding carboxylic acids is 1. The van der Waals surface area contributed by atoms with Gasteiger partial charge in [-0.15, -0.1) is 0 Å². The average molecular weight is 301 g/mol. The first-order valence-electron chi connectivity index (χ1n) is 8.08. The Labute approximate surface area is 130 Å². The Kier molecular flexibility index (Phi) is 4.27. The van der Waals surface area contributed by atoms with Crippen LogP contribution in [0.15, 0.2) is 18.3 Å². The van der Waals surface area contributed by atoms with Crippen LogP contribution in [0.3, 0.4) is 0 Å². The van der Waals surface area contributed by atoms with Crippen molar-refractivity contribution in [2.24, 2.45) is 0 Å². The van der Waals surface area contributed by atoms with Crippen molar-refractivity contribution < 1.29 is 4.79 Å². The number of likely N-dealkylation sites (tertiary alicyclic amines) is 1. The summed E-state index contributed by atoms with van der Waals surface area (Å²) in [6.07, 6.45) is 3.72. The van der Waals surface area contributed by atoms with E-state index in [1.54, 1.807) is 6.20 Å². The molecule has 1 fully saturated rings. The summed E-state index contributed by atoms with van der Waals surface area (Å²) in [5.41, 5.74) is 1.88. The minimum absolute atomic E-state index is 0.0432. The monoisotopic (exact) mass is 301 g/mol. The van der Waals surface area contributed by atoms with E-state index in [1.165, 1.54) is 0 Å². The molecule has 0 bridgehead atoms. The predicted octanol–water partition coefficient (Wildman–Crippen LogP) is 2.36. The van der Waals surface area contributed by atoms with Crippen LogP contribution in [0.4, 0.5) is 4.79 Å². The Morgan fingerprint density at radius 3 is 3.09 bits per heavy atom. The SMILES string of the molecule is CCCNC(=O)N1CCC(c2nc3cccnc3n2CC)C1. The van der Waals surface area contributed by atoms with Crippen molar-refractivity contribution in [1.82, 2.24) is 24.8 Å². The Morgan fingerprint density at radius 2 is 2.32 bits per heavy atom. The van der Waals surface area contributed by atoms with E-state index >= 15 is 0 Å². The van der Waals surface area contributed by atoms with E-state index < -0.39 is 0 Å². The maximum Gasteiger partial charge on any atom is 0.317 e. The van der Waals surface area contributed by atoms with Crippen molar-refractivity contribution >= 4 is 17.2 Å². The van der Waals surface area contributed by atoms with E-state index in [0.717, 1.165) is 56.0 Å². The molecule has 1 saturated heterocycles. The van der Waals surface area contributed by atoms with Gasteiger partial charge >= 0.3 is 6.03 Å². The molecule has 1 atom stereocenters. The first-order valence-corrected chi connectivity index (χ1v) is 8.08. The Morgan fingerprint density at radius 1 is 1.45 bits per heavy atom. The first-order chi connectivity index (χ1) is 10.7. The van der Waals surface area contributed by atoms with Crippen LogP contribution in [-0.4, -0.2) is 45.1 Å². The molecular formula is C16H23N5O. The summed E-state index contributed by atoms with van der Waals surface area (Å²) in [6.45, 7) is 7.28. The molecule has 0 radical (unpaired) electrons. The molecule has 0 spiro atoms. The van der Waals surface area contributed by atoms with Gasteiger partial charge in [-0.3, -0.25) is 0 Å². The van der Waals surface area contributed by atoms with Gasteiger partial charge in [-0.05, 0) is 31.9 Å². The van der Waals surface area contributed by atoms with Crippen LogP contribution in [0.1, 0.15) is 38.4 Å². The van der Waals surface area contributed by atoms with Crippen molar-refractivity contribution in [1.29, 1.82) is 0 Å². The predicted molar refractivity (Wildman–Crippen MR) is 85.8 cm³/mol. The number of carbonyl (C=O) groups is 1. The van der Waals surface area contributed by atoms with Gasteiger partial charge in [0.25, 0.3) is 0 Å². The fourth-order valence-electron chi connectivity index (χ4n) is 3.10. The second kappa shape index (κ2) is 6.34. The molecule has 6 heteroatoms. The third kappa shape index (κ3) is 2.65. The average Bonchev–Trinajstić information content (AvgIpc) is 3.16. The Balaban J connectivity index is 1.79. The molecule has 6 nitrogen and oxygen atoms in total. The van der Waals surface area contributed by atoms with Crippen LogP contribution >= 0.6 is 0 Å². The number of urea groups is 1. The van der Waals surface area contributed by atoms with Crippen molar-refractivity contribution in [3.63, 3.8) is 0 Å². The number of nitrogens with one attached hydrogen (secondary N) is 1. The molecule has 3 heterocycles. The molecule has 0 aliphatic carbocycles. The first kappa shape index (κ1) is 14.8. The zero-order valence-electron chi connectivity index (χ0n) is 13.2. The fraction of sp³-hybridized carbons (Fsp3) is 0.562. The zero-order chi connectivity index (χ0) is 15.5. The largest absolute Gasteiger partial charge is 0.338 e. The normalized spacial score (nSPS) is 18.1. The fourth-order valence-corrected chi connectivity index (χ4v) is 3.10. The van der Waals surface area contributed by atoms with Crippen molar-refractivity contribution in [3.8, 4) is 0 Å². The van der Waals surface area contributed by atoms with Crippen LogP contribution in [0.2, 0.25) is 0 Å². The molecule has 2 aromatic rings. The van der Waals surface area contributed by atoms with E-state index in [-0.39, 0.29) is 6.03 Å². The standard InChI is InChI=1S/C16H23N5O/c1-3-8-18-16(22)20-10-7-12(11-20)14-19-13-6-5-9-17-15(13)21(14)4-2/h5-6,9,12H,3-4,7-8,10-11H2,1-2H3,(H,18,22). The minimum Gasteiger partial charge on any atom is -0.338 e. The summed E-state index contributed by atoms with van der Waals surface area (Å²) in [6, 6.07) is 3.96. The third-order valence-corrected chi connectivity index (χ3v) is 4.22. The number of fused-ring (bicyclic) bond motifs is 1. The summed E-state index contributed by atoms with van der Waals surface area (Å²) < 4.78 is 2.17. The second-order valence-corrected chi connectivity index (χ2v) is 5.72. The quantitative estimate of drug-likeness (QED) is 0.943. The van der Waals surface area contributed by atoms with E-state index in [1.807, 2.05) is 17.0 Å². The number of rotatable bonds is 4. The van der Waals surface area contributed by atoms with E-state index in [4.69, 9.17) is 4.98 Å². The van der Waals surface area contributed by atoms with Crippen LogP contribution in [0.5, 0.6) is 0 Å². The van der Waals surface area contributed by atoms with Gasteiger partial charge < -0.3 is 14.8 Å². The maximum absolute atomic E-state index is 12.1. The molecule has 2 amide bonds. The lowest BCUT2D eigenvalue weighted by Gasteiger charge is -2.17. The number of hydrogen-bond donors (Lipinski definition) is 1. The van der Waals surface area contributed by atoms with Crippen molar-refractivity contribution in [2.75, 3.05) is 19.6 Å². The van der Waals surface area contributed by atoms with Gasteiger partial charge in [0, 0.05) is 38.3 Å². The van der Waals surface area contributed by atoms with E-state index in [9.17, 15) is 4.79 Å². The number of nitrogens with zero attached hydrogens (tertiary/aromatic N) is 4. The molecule has 118 valence electrons. The molecule has 22 heavy (non-hydrogen) atoms. The molecule has 0 aromatic carbocycles. The molecule has 2 aromatic heterocycles. The van der Waals surface area contributed by atoms with Gasteiger partial charge in [-0.25, -0.2) is 14.8 Å². The Hall–Kier alpha value is -2.11. The van der Waals surface area contributed by atoms with E-state index in [2.05, 4.69) is 28.7 Å². The number of pyridine rings is 1. The summed E-state index contributed by atoms with van der Waals surface area (Å²) in [5, 5.41) is 2.95. The molecule has 1 N–H and O–H groups in total. The number of hydrogen-bond acceptors (Lipinski definition) is 3. The van der Waals surface area contributed by atoms with Crippen LogP contribution in [-0.2, 0) is 6.54 Å². The van der Waals surface area contributed by atoms with Gasteiger partial charge in [-0.1, -0.05) is 6.92 Å². The summed E-state index contributed by atoms with van der Waals surface area (Å²) >= 11 is 0. The number of aryl methyl sites for hydroxylation is 1. The number of aromatic nitrogens is 3. The van der Waals surface area contributed by atoms with Gasteiger partial charge in [-0.2, -0.15) is 0 Å². The highest BCUT2D eigenvalue weighted by Crippen LogP contribution is 2.28. The molecule has 0 saturated carbocycles. The minimum atomic E-state index is 0.0432. The van der Waals surface area contributed by atoms with Gasteiger partial charge in [0.1, 0.15) is 11.3 Å². The molecule has 1 aliphatic heterocycles. The lowest BCUT2D eigenvalue weighted by atomic mass is 10.1. The highest BCUT2D eigenvalue weighted by atomic mass is 16.2. The summed E-state index contributed by atoms with van der Waals surface area (Å²) in [4.78, 5) is 23.2. The van der Waals surface area contributed by atoms with Crippen molar-refractivity contribution in [2.45, 2.75) is 39.2 Å². The second-order valence-electron chi connectivity index (χ2n) is 5.72. The van der Waals surface area contributed by atoms with Gasteiger partial charge in [0.2, 0.25) is 0 Å². The summed E-state index contributed by atoms with van der Waals surface area (Å²) in [5.74, 6) is 1.35.